The maximum atomic E-state index is 11.6. The zero-order valence-corrected chi connectivity index (χ0v) is 11.2. The maximum absolute atomic E-state index is 11.6. The molecule has 0 bridgehead atoms. The Morgan fingerprint density at radius 2 is 2.06 bits per heavy atom. The largest absolute Gasteiger partial charge is 0.480 e. The summed E-state index contributed by atoms with van der Waals surface area (Å²) in [5.74, 6) is -0.376. The van der Waals surface area contributed by atoms with Crippen LogP contribution in [0.3, 0.4) is 0 Å². The second-order valence-electron chi connectivity index (χ2n) is 5.04. The first kappa shape index (κ1) is 14.8. The molecule has 0 aromatic rings. The number of carbonyl (C=O) groups excluding carboxylic acids is 1. The van der Waals surface area contributed by atoms with Crippen LogP contribution in [-0.4, -0.2) is 29.2 Å². The number of carboxylic acid groups (broad SMARTS) is 1. The molecule has 5 nitrogen and oxygen atoms in total. The summed E-state index contributed by atoms with van der Waals surface area (Å²) < 4.78 is 0. The fourth-order valence-electron chi connectivity index (χ4n) is 2.15. The van der Waals surface area contributed by atoms with E-state index in [9.17, 15) is 9.59 Å². The smallest absolute Gasteiger partial charge is 0.326 e. The Labute approximate surface area is 108 Å². The van der Waals surface area contributed by atoms with Crippen LogP contribution in [0, 0.1) is 5.92 Å². The first-order chi connectivity index (χ1) is 8.58. The van der Waals surface area contributed by atoms with E-state index in [1.807, 2.05) is 6.92 Å². The number of rotatable bonds is 8. The molecule has 5 heteroatoms. The molecule has 3 unspecified atom stereocenters. The molecular weight excluding hydrogens is 232 g/mol. The highest BCUT2D eigenvalue weighted by Gasteiger charge is 2.37. The zero-order chi connectivity index (χ0) is 13.5. The van der Waals surface area contributed by atoms with Crippen molar-refractivity contribution in [3.63, 3.8) is 0 Å². The molecule has 0 aliphatic heterocycles. The van der Waals surface area contributed by atoms with Gasteiger partial charge in [0.2, 0.25) is 0 Å². The van der Waals surface area contributed by atoms with Gasteiger partial charge in [0.25, 0.3) is 0 Å². The highest BCUT2D eigenvalue weighted by atomic mass is 16.4. The number of nitrogens with one attached hydrogen (secondary N) is 2. The summed E-state index contributed by atoms with van der Waals surface area (Å²) in [7, 11) is 0. The molecular formula is C13H24N2O3. The van der Waals surface area contributed by atoms with Crippen LogP contribution in [0.25, 0.3) is 0 Å². The van der Waals surface area contributed by atoms with Gasteiger partial charge in [-0.25, -0.2) is 9.59 Å². The van der Waals surface area contributed by atoms with Gasteiger partial charge in [-0.3, -0.25) is 0 Å². The summed E-state index contributed by atoms with van der Waals surface area (Å²) in [4.78, 5) is 22.6. The number of carbonyl (C=O) groups is 2. The van der Waals surface area contributed by atoms with Gasteiger partial charge in [-0.2, -0.15) is 0 Å². The first-order valence-corrected chi connectivity index (χ1v) is 6.88. The predicted octanol–water partition coefficient (Wildman–Crippen LogP) is 2.12. The zero-order valence-electron chi connectivity index (χ0n) is 11.2. The molecule has 3 N–H and O–H groups in total. The first-order valence-electron chi connectivity index (χ1n) is 6.88. The molecule has 0 radical (unpaired) electrons. The molecule has 0 saturated heterocycles. The van der Waals surface area contributed by atoms with Crippen LogP contribution in [-0.2, 0) is 4.79 Å². The third kappa shape index (κ3) is 4.94. The predicted molar refractivity (Wildman–Crippen MR) is 69.4 cm³/mol. The molecule has 3 atom stereocenters. The molecule has 18 heavy (non-hydrogen) atoms. The maximum Gasteiger partial charge on any atom is 0.326 e. The fourth-order valence-corrected chi connectivity index (χ4v) is 2.15. The van der Waals surface area contributed by atoms with Gasteiger partial charge in [0, 0.05) is 6.04 Å². The highest BCUT2D eigenvalue weighted by molar-refractivity contribution is 5.82. The summed E-state index contributed by atoms with van der Waals surface area (Å²) >= 11 is 0. The van der Waals surface area contributed by atoms with Crippen molar-refractivity contribution < 1.29 is 14.7 Å². The van der Waals surface area contributed by atoms with Crippen molar-refractivity contribution in [3.8, 4) is 0 Å². The summed E-state index contributed by atoms with van der Waals surface area (Å²) in [5.41, 5.74) is 0. The van der Waals surface area contributed by atoms with Crippen LogP contribution in [0.5, 0.6) is 0 Å². The number of amides is 2. The number of carboxylic acids is 1. The van der Waals surface area contributed by atoms with E-state index in [2.05, 4.69) is 17.6 Å². The normalized spacial score (nSPS) is 23.2. The molecule has 0 aromatic carbocycles. The van der Waals surface area contributed by atoms with Crippen LogP contribution >= 0.6 is 0 Å². The molecule has 1 rings (SSSR count). The monoisotopic (exact) mass is 256 g/mol. The minimum atomic E-state index is -0.959. The number of aliphatic carboxylic acids is 1. The number of hydrogen-bond donors (Lipinski definition) is 3. The third-order valence-electron chi connectivity index (χ3n) is 3.35. The number of hydrogen-bond acceptors (Lipinski definition) is 2. The number of unbranched alkanes of at least 4 members (excludes halogenated alkanes) is 1. The van der Waals surface area contributed by atoms with E-state index in [0.717, 1.165) is 32.1 Å². The molecule has 0 spiro atoms. The van der Waals surface area contributed by atoms with Gasteiger partial charge in [0.05, 0.1) is 0 Å². The molecule has 1 aliphatic rings. The van der Waals surface area contributed by atoms with Crippen LogP contribution < -0.4 is 10.6 Å². The second kappa shape index (κ2) is 7.24. The molecule has 104 valence electrons. The van der Waals surface area contributed by atoms with Crippen molar-refractivity contribution in [3.05, 3.63) is 0 Å². The minimum absolute atomic E-state index is 0.241. The summed E-state index contributed by atoms with van der Waals surface area (Å²) in [6.07, 6.45) is 5.49. The summed E-state index contributed by atoms with van der Waals surface area (Å²) in [6, 6.07) is -0.874. The van der Waals surface area contributed by atoms with E-state index in [1.165, 1.54) is 0 Å². The lowest BCUT2D eigenvalue weighted by molar-refractivity contribution is -0.139. The van der Waals surface area contributed by atoms with Crippen molar-refractivity contribution >= 4 is 12.0 Å². The lowest BCUT2D eigenvalue weighted by Crippen LogP contribution is -2.46. The van der Waals surface area contributed by atoms with Gasteiger partial charge in [-0.05, 0) is 25.2 Å². The van der Waals surface area contributed by atoms with Crippen LogP contribution in [0.2, 0.25) is 0 Å². The van der Waals surface area contributed by atoms with E-state index in [1.54, 1.807) is 0 Å². The molecule has 1 fully saturated rings. The topological polar surface area (TPSA) is 78.4 Å². The summed E-state index contributed by atoms with van der Waals surface area (Å²) in [6.45, 7) is 4.12. The molecule has 0 heterocycles. The molecule has 0 aromatic heterocycles. The van der Waals surface area contributed by atoms with E-state index >= 15 is 0 Å². The van der Waals surface area contributed by atoms with Crippen molar-refractivity contribution in [1.29, 1.82) is 0 Å². The van der Waals surface area contributed by atoms with E-state index in [4.69, 9.17) is 5.11 Å². The highest BCUT2D eigenvalue weighted by Crippen LogP contribution is 2.34. The van der Waals surface area contributed by atoms with Crippen molar-refractivity contribution in [2.45, 2.75) is 64.5 Å². The van der Waals surface area contributed by atoms with Gasteiger partial charge < -0.3 is 15.7 Å². The van der Waals surface area contributed by atoms with Crippen LogP contribution in [0.15, 0.2) is 0 Å². The Morgan fingerprint density at radius 3 is 2.61 bits per heavy atom. The van der Waals surface area contributed by atoms with Gasteiger partial charge in [0.1, 0.15) is 6.04 Å². The average molecular weight is 256 g/mol. The van der Waals surface area contributed by atoms with Crippen molar-refractivity contribution in [1.82, 2.24) is 10.6 Å². The Kier molecular flexibility index (Phi) is 5.95. The summed E-state index contributed by atoms with van der Waals surface area (Å²) in [5, 5.41) is 14.4. The lowest BCUT2D eigenvalue weighted by Gasteiger charge is -2.14. The van der Waals surface area contributed by atoms with Crippen molar-refractivity contribution in [2.75, 3.05) is 0 Å². The molecule has 1 aliphatic carbocycles. The minimum Gasteiger partial charge on any atom is -0.480 e. The standard InChI is InChI=1S/C13H24N2O3/c1-3-5-7-10(12(16)17)14-13(18)15-11-8-9(11)6-4-2/h9-11H,3-8H2,1-2H3,(H,16,17)(H2,14,15,18). The molecule has 1 saturated carbocycles. The van der Waals surface area contributed by atoms with Gasteiger partial charge in [0.15, 0.2) is 0 Å². The quantitative estimate of drug-likeness (QED) is 0.622. The van der Waals surface area contributed by atoms with Gasteiger partial charge >= 0.3 is 12.0 Å². The Hall–Kier alpha value is -1.26. The Balaban J connectivity index is 2.27. The van der Waals surface area contributed by atoms with E-state index in [0.29, 0.717) is 12.3 Å². The van der Waals surface area contributed by atoms with E-state index in [-0.39, 0.29) is 12.1 Å². The lowest BCUT2D eigenvalue weighted by atomic mass is 10.1. The fraction of sp³-hybridized carbons (Fsp3) is 0.846. The molecule has 2 amide bonds. The van der Waals surface area contributed by atoms with E-state index < -0.39 is 12.0 Å². The van der Waals surface area contributed by atoms with Crippen molar-refractivity contribution in [2.24, 2.45) is 5.92 Å². The van der Waals surface area contributed by atoms with Gasteiger partial charge in [-0.15, -0.1) is 0 Å². The SMILES string of the molecule is CCCCC(NC(=O)NC1CC1CCC)C(=O)O. The average Bonchev–Trinajstić information content (AvgIpc) is 3.02. The second-order valence-corrected chi connectivity index (χ2v) is 5.04. The third-order valence-corrected chi connectivity index (χ3v) is 3.35. The number of urea groups is 1. The van der Waals surface area contributed by atoms with Gasteiger partial charge in [-0.1, -0.05) is 33.1 Å². The van der Waals surface area contributed by atoms with Crippen LogP contribution in [0.4, 0.5) is 4.79 Å². The Morgan fingerprint density at radius 1 is 1.33 bits per heavy atom. The van der Waals surface area contributed by atoms with Crippen LogP contribution in [0.1, 0.15) is 52.4 Å². The Bertz CT molecular complexity index is 294.